The number of hydrogen-bond donors (Lipinski definition) is 2. The van der Waals surface area contributed by atoms with E-state index >= 15 is 0 Å². The van der Waals surface area contributed by atoms with Gasteiger partial charge in [0, 0.05) is 6.04 Å². The molecule has 4 N–H and O–H groups in total. The summed E-state index contributed by atoms with van der Waals surface area (Å²) < 4.78 is 0. The molecular weight excluding hydrogens is 334 g/mol. The van der Waals surface area contributed by atoms with E-state index in [4.69, 9.17) is 11.0 Å². The Morgan fingerprint density at radius 2 is 1.92 bits per heavy atom. The summed E-state index contributed by atoms with van der Waals surface area (Å²) in [6.07, 6.45) is 1.99. The number of pyridine rings is 1. The minimum Gasteiger partial charge on any atom is -0.352 e. The molecule has 1 amide bonds. The van der Waals surface area contributed by atoms with E-state index in [2.05, 4.69) is 16.4 Å². The van der Waals surface area contributed by atoms with Gasteiger partial charge in [0.2, 0.25) is 5.91 Å². The van der Waals surface area contributed by atoms with Crippen LogP contribution in [0.5, 0.6) is 0 Å². The van der Waals surface area contributed by atoms with Crippen molar-refractivity contribution in [3.05, 3.63) is 53.1 Å². The van der Waals surface area contributed by atoms with Crippen molar-refractivity contribution in [2.24, 2.45) is 0 Å². The fraction of sp³-hybridized carbons (Fsp3) is 0.222. The van der Waals surface area contributed by atoms with Gasteiger partial charge in [-0.15, -0.1) is 0 Å². The summed E-state index contributed by atoms with van der Waals surface area (Å²) in [7, 11) is 0. The van der Waals surface area contributed by atoms with Crippen molar-refractivity contribution in [1.29, 1.82) is 10.5 Å². The van der Waals surface area contributed by atoms with Gasteiger partial charge < -0.3 is 5.32 Å². The Morgan fingerprint density at radius 1 is 1.24 bits per heavy atom. The van der Waals surface area contributed by atoms with E-state index in [-0.39, 0.29) is 28.9 Å². The second-order valence-corrected chi connectivity index (χ2v) is 6.87. The normalized spacial score (nSPS) is 14.2. The molecule has 0 bridgehead atoms. The average molecular weight is 350 g/mol. The molecule has 0 unspecified atom stereocenters. The zero-order chi connectivity index (χ0) is 17.8. The van der Waals surface area contributed by atoms with E-state index in [9.17, 15) is 10.1 Å². The number of amides is 1. The van der Waals surface area contributed by atoms with Crippen LogP contribution in [-0.4, -0.2) is 11.9 Å². The van der Waals surface area contributed by atoms with Gasteiger partial charge in [-0.2, -0.15) is 10.5 Å². The number of carbonyl (C=O) groups is 1. The highest BCUT2D eigenvalue weighted by molar-refractivity contribution is 8.00. The second-order valence-electron chi connectivity index (χ2n) is 5.75. The van der Waals surface area contributed by atoms with Crippen molar-refractivity contribution in [2.75, 3.05) is 5.73 Å². The first kappa shape index (κ1) is 16.8. The Morgan fingerprint density at radius 3 is 2.52 bits per heavy atom. The van der Waals surface area contributed by atoms with Crippen molar-refractivity contribution in [3.8, 4) is 12.1 Å². The molecule has 0 radical (unpaired) electrons. The Labute approximate surface area is 149 Å². The molecule has 0 aliphatic heterocycles. The van der Waals surface area contributed by atoms with Crippen molar-refractivity contribution in [1.82, 2.24) is 5.32 Å². The average Bonchev–Trinajstić information content (AvgIpc) is 3.44. The standard InChI is InChI=1S/C18H15N5OS/c19-9-12-8-13(10-20)18(23-16(12)21)25-15(11-4-2-1-3-5-11)17(24)22-14-6-7-14/h1-5,8,14-15H,6-7H2,(H2,21,23)(H,22,24)/p+1/t15-/m1/s1. The van der Waals surface area contributed by atoms with Crippen LogP contribution in [-0.2, 0) is 4.79 Å². The summed E-state index contributed by atoms with van der Waals surface area (Å²) in [5, 5.41) is 21.4. The number of nitrogens with one attached hydrogen (secondary N) is 2. The second kappa shape index (κ2) is 7.25. The first-order valence-electron chi connectivity index (χ1n) is 7.80. The maximum absolute atomic E-state index is 12.7. The molecule has 1 aromatic carbocycles. The molecule has 6 nitrogen and oxygen atoms in total. The number of nitrogens with zero attached hydrogens (tertiary/aromatic N) is 2. The van der Waals surface area contributed by atoms with Gasteiger partial charge in [0.1, 0.15) is 28.5 Å². The SMILES string of the molecule is N#Cc1cc(C#N)c(S[C@@H](C(=O)NC2CC2)c2ccccc2)[nH+]c1N. The number of thioether (sulfide) groups is 1. The summed E-state index contributed by atoms with van der Waals surface area (Å²) in [5.41, 5.74) is 7.17. The lowest BCUT2D eigenvalue weighted by Gasteiger charge is -2.16. The van der Waals surface area contributed by atoms with Gasteiger partial charge in [0.25, 0.3) is 5.82 Å². The molecule has 0 saturated heterocycles. The van der Waals surface area contributed by atoms with Crippen molar-refractivity contribution in [3.63, 3.8) is 0 Å². The number of aromatic nitrogens is 1. The van der Waals surface area contributed by atoms with Crippen LogP contribution >= 0.6 is 11.8 Å². The topological polar surface area (TPSA) is 117 Å². The monoisotopic (exact) mass is 350 g/mol. The molecule has 124 valence electrons. The third-order valence-corrected chi connectivity index (χ3v) is 5.09. The molecule has 25 heavy (non-hydrogen) atoms. The molecule has 1 atom stereocenters. The molecule has 0 spiro atoms. The Balaban J connectivity index is 1.95. The van der Waals surface area contributed by atoms with E-state index in [1.54, 1.807) is 0 Å². The highest BCUT2D eigenvalue weighted by Gasteiger charge is 2.30. The number of nitriles is 2. The van der Waals surface area contributed by atoms with Crippen LogP contribution in [0.2, 0.25) is 0 Å². The number of H-pyrrole nitrogens is 1. The fourth-order valence-electron chi connectivity index (χ4n) is 2.34. The lowest BCUT2D eigenvalue weighted by molar-refractivity contribution is -0.410. The lowest BCUT2D eigenvalue weighted by Crippen LogP contribution is -2.30. The molecule has 1 heterocycles. The molecule has 1 aromatic heterocycles. The number of carbonyl (C=O) groups excluding carboxylic acids is 1. The lowest BCUT2D eigenvalue weighted by atomic mass is 10.1. The fourth-order valence-corrected chi connectivity index (χ4v) is 3.44. The van der Waals surface area contributed by atoms with Crippen LogP contribution in [0, 0.1) is 22.7 Å². The van der Waals surface area contributed by atoms with Gasteiger partial charge in [-0.25, -0.2) is 4.98 Å². The van der Waals surface area contributed by atoms with Crippen molar-refractivity contribution in [2.45, 2.75) is 29.2 Å². The summed E-state index contributed by atoms with van der Waals surface area (Å²) >= 11 is 1.22. The highest BCUT2D eigenvalue weighted by atomic mass is 32.2. The van der Waals surface area contributed by atoms with E-state index in [0.29, 0.717) is 5.03 Å². The summed E-state index contributed by atoms with van der Waals surface area (Å²) in [6, 6.07) is 15.1. The Hall–Kier alpha value is -3.03. The van der Waals surface area contributed by atoms with E-state index < -0.39 is 5.25 Å². The highest BCUT2D eigenvalue weighted by Crippen LogP contribution is 2.36. The number of hydrogen-bond acceptors (Lipinski definition) is 5. The van der Waals surface area contributed by atoms with Crippen LogP contribution < -0.4 is 16.0 Å². The number of aromatic amines is 1. The zero-order valence-electron chi connectivity index (χ0n) is 13.3. The molecule has 7 heteroatoms. The Bertz CT molecular complexity index is 881. The molecular formula is C18H16N5OS+. The predicted molar refractivity (Wildman–Crippen MR) is 93.0 cm³/mol. The van der Waals surface area contributed by atoms with E-state index in [1.165, 1.54) is 17.8 Å². The van der Waals surface area contributed by atoms with Gasteiger partial charge in [-0.1, -0.05) is 42.1 Å². The number of benzene rings is 1. The first-order chi connectivity index (χ1) is 12.1. The molecule has 1 saturated carbocycles. The maximum Gasteiger partial charge on any atom is 0.289 e. The number of nitrogen functional groups attached to an aromatic ring is 1. The quantitative estimate of drug-likeness (QED) is 0.799. The molecule has 1 fully saturated rings. The maximum atomic E-state index is 12.7. The summed E-state index contributed by atoms with van der Waals surface area (Å²) in [5.74, 6) is 0.0809. The van der Waals surface area contributed by atoms with Crippen LogP contribution in [0.1, 0.15) is 34.8 Å². The molecule has 1 aliphatic carbocycles. The minimum absolute atomic E-state index is 0.0982. The predicted octanol–water partition coefficient (Wildman–Crippen LogP) is 1.94. The smallest absolute Gasteiger partial charge is 0.289 e. The number of rotatable bonds is 5. The van der Waals surface area contributed by atoms with Gasteiger partial charge in [-0.05, 0) is 24.5 Å². The first-order valence-corrected chi connectivity index (χ1v) is 8.68. The van der Waals surface area contributed by atoms with Gasteiger partial charge in [-0.3, -0.25) is 10.5 Å². The van der Waals surface area contributed by atoms with Crippen LogP contribution in [0.4, 0.5) is 5.82 Å². The number of nitrogens with two attached hydrogens (primary N) is 1. The molecule has 1 aliphatic rings. The third-order valence-electron chi connectivity index (χ3n) is 3.81. The van der Waals surface area contributed by atoms with Gasteiger partial charge >= 0.3 is 0 Å². The van der Waals surface area contributed by atoms with Crippen molar-refractivity contribution >= 4 is 23.5 Å². The van der Waals surface area contributed by atoms with Gasteiger partial charge in [0.05, 0.1) is 0 Å². The van der Waals surface area contributed by atoms with E-state index in [0.717, 1.165) is 18.4 Å². The van der Waals surface area contributed by atoms with Gasteiger partial charge in [0.15, 0.2) is 5.03 Å². The third kappa shape index (κ3) is 3.90. The van der Waals surface area contributed by atoms with Crippen molar-refractivity contribution < 1.29 is 9.78 Å². The van der Waals surface area contributed by atoms with Crippen LogP contribution in [0.3, 0.4) is 0 Å². The largest absolute Gasteiger partial charge is 0.352 e. The van der Waals surface area contributed by atoms with Crippen LogP contribution in [0.25, 0.3) is 0 Å². The summed E-state index contributed by atoms with van der Waals surface area (Å²) in [6.45, 7) is 0. The molecule has 2 aromatic rings. The summed E-state index contributed by atoms with van der Waals surface area (Å²) in [4.78, 5) is 15.6. The Kier molecular flexibility index (Phi) is 4.87. The van der Waals surface area contributed by atoms with E-state index in [1.807, 2.05) is 36.4 Å². The molecule has 3 rings (SSSR count). The minimum atomic E-state index is -0.516. The van der Waals surface area contributed by atoms with Crippen LogP contribution in [0.15, 0.2) is 41.4 Å². The zero-order valence-corrected chi connectivity index (χ0v) is 14.1. The number of anilines is 1.